The number of ether oxygens (including phenoxy) is 1. The Kier molecular flexibility index (Phi) is 6.36. The molecule has 0 radical (unpaired) electrons. The number of hydrogen-bond acceptors (Lipinski definition) is 5. The zero-order valence-electron chi connectivity index (χ0n) is 16.7. The minimum absolute atomic E-state index is 0.0893. The van der Waals surface area contributed by atoms with E-state index in [9.17, 15) is 19.2 Å². The Morgan fingerprint density at radius 1 is 1.03 bits per heavy atom. The summed E-state index contributed by atoms with van der Waals surface area (Å²) in [5.41, 5.74) is -0.688. The van der Waals surface area contributed by atoms with Crippen LogP contribution < -0.4 is 11.1 Å². The lowest BCUT2D eigenvalue weighted by Crippen LogP contribution is -2.51. The van der Waals surface area contributed by atoms with Gasteiger partial charge in [-0.1, -0.05) is 26.0 Å². The van der Waals surface area contributed by atoms with E-state index in [0.29, 0.717) is 43.6 Å². The molecule has 0 aliphatic carbocycles. The van der Waals surface area contributed by atoms with Gasteiger partial charge in [0.15, 0.2) is 0 Å². The fourth-order valence-corrected chi connectivity index (χ4v) is 3.24. The summed E-state index contributed by atoms with van der Waals surface area (Å²) in [7, 11) is 0. The van der Waals surface area contributed by atoms with Crippen LogP contribution in [0.1, 0.15) is 20.3 Å². The Bertz CT molecular complexity index is 1000. The zero-order chi connectivity index (χ0) is 21.0. The number of fused-ring (bicyclic) bond motifs is 1. The number of benzene rings is 1. The van der Waals surface area contributed by atoms with Gasteiger partial charge >= 0.3 is 6.09 Å². The van der Waals surface area contributed by atoms with Gasteiger partial charge in [-0.2, -0.15) is 0 Å². The van der Waals surface area contributed by atoms with E-state index >= 15 is 0 Å². The summed E-state index contributed by atoms with van der Waals surface area (Å²) in [4.78, 5) is 52.4. The van der Waals surface area contributed by atoms with Gasteiger partial charge in [0.1, 0.15) is 0 Å². The Labute approximate surface area is 167 Å². The number of aryl methyl sites for hydroxylation is 1. The van der Waals surface area contributed by atoms with Crippen molar-refractivity contribution in [1.29, 1.82) is 0 Å². The highest BCUT2D eigenvalue weighted by molar-refractivity contribution is 5.80. The van der Waals surface area contributed by atoms with Gasteiger partial charge < -0.3 is 14.5 Å². The molecule has 29 heavy (non-hydrogen) atoms. The molecule has 1 aromatic heterocycles. The van der Waals surface area contributed by atoms with Crippen molar-refractivity contribution in [2.45, 2.75) is 26.8 Å². The molecule has 156 valence electrons. The number of aromatic amines is 1. The topological polar surface area (TPSA) is 105 Å². The summed E-state index contributed by atoms with van der Waals surface area (Å²) >= 11 is 0. The molecule has 1 N–H and O–H groups in total. The summed E-state index contributed by atoms with van der Waals surface area (Å²) in [6.45, 7) is 6.06. The zero-order valence-corrected chi connectivity index (χ0v) is 16.7. The number of piperazine rings is 1. The van der Waals surface area contributed by atoms with Crippen LogP contribution in [0.2, 0.25) is 0 Å². The van der Waals surface area contributed by atoms with Crippen molar-refractivity contribution < 1.29 is 14.3 Å². The summed E-state index contributed by atoms with van der Waals surface area (Å²) in [6.07, 6.45) is -0.266. The normalized spacial score (nSPS) is 14.4. The van der Waals surface area contributed by atoms with Crippen molar-refractivity contribution in [3.8, 4) is 0 Å². The monoisotopic (exact) mass is 402 g/mol. The van der Waals surface area contributed by atoms with Crippen LogP contribution in [0.25, 0.3) is 10.8 Å². The molecule has 0 unspecified atom stereocenters. The van der Waals surface area contributed by atoms with Gasteiger partial charge in [-0.25, -0.2) is 9.48 Å². The van der Waals surface area contributed by atoms with E-state index in [1.165, 1.54) is 4.68 Å². The van der Waals surface area contributed by atoms with E-state index in [2.05, 4.69) is 5.10 Å². The molecule has 2 aromatic rings. The van der Waals surface area contributed by atoms with E-state index in [4.69, 9.17) is 4.74 Å². The summed E-state index contributed by atoms with van der Waals surface area (Å²) < 4.78 is 6.40. The fraction of sp³-hybridized carbons (Fsp3) is 0.500. The maximum Gasteiger partial charge on any atom is 0.409 e. The maximum absolute atomic E-state index is 12.5. The molecule has 0 saturated carbocycles. The minimum atomic E-state index is -0.360. The van der Waals surface area contributed by atoms with Gasteiger partial charge in [-0.05, 0) is 18.1 Å². The van der Waals surface area contributed by atoms with Crippen LogP contribution in [-0.4, -0.2) is 64.4 Å². The molecule has 1 saturated heterocycles. The van der Waals surface area contributed by atoms with Gasteiger partial charge in [-0.15, -0.1) is 0 Å². The van der Waals surface area contributed by atoms with E-state index in [1.807, 2.05) is 13.8 Å². The molecule has 0 atom stereocenters. The Balaban J connectivity index is 1.55. The standard InChI is InChI=1S/C20H26N4O5/c1-14(2)13-29-20(28)23-11-9-22(10-12-23)17(25)7-8-24-19(27)16-6-4-3-5-15(16)18(26)21-24/h3-6,14H,7-13H2,1-2H3,(H,21,26). The third-order valence-corrected chi connectivity index (χ3v) is 4.86. The van der Waals surface area contributed by atoms with E-state index in [0.717, 1.165) is 0 Å². The number of H-pyrrole nitrogens is 1. The van der Waals surface area contributed by atoms with Gasteiger partial charge in [0.25, 0.3) is 11.1 Å². The first-order valence-corrected chi connectivity index (χ1v) is 9.78. The van der Waals surface area contributed by atoms with Gasteiger partial charge in [0.05, 0.1) is 23.9 Å². The van der Waals surface area contributed by atoms with Crippen LogP contribution in [0.3, 0.4) is 0 Å². The van der Waals surface area contributed by atoms with Crippen molar-refractivity contribution >= 4 is 22.8 Å². The molecule has 3 rings (SSSR count). The summed E-state index contributed by atoms with van der Waals surface area (Å²) in [5, 5.41) is 3.19. The van der Waals surface area contributed by atoms with Gasteiger partial charge in [0, 0.05) is 32.6 Å². The Morgan fingerprint density at radius 2 is 1.66 bits per heavy atom. The number of nitrogens with zero attached hydrogens (tertiary/aromatic N) is 3. The van der Waals surface area contributed by atoms with Crippen molar-refractivity contribution in [2.75, 3.05) is 32.8 Å². The SMILES string of the molecule is CC(C)COC(=O)N1CCN(C(=O)CCn2[nH]c(=O)c3ccccc3c2=O)CC1. The number of amides is 2. The van der Waals surface area contributed by atoms with E-state index < -0.39 is 0 Å². The molecule has 1 fully saturated rings. The minimum Gasteiger partial charge on any atom is -0.449 e. The number of aromatic nitrogens is 2. The highest BCUT2D eigenvalue weighted by Crippen LogP contribution is 2.08. The van der Waals surface area contributed by atoms with Gasteiger partial charge in [0.2, 0.25) is 5.91 Å². The number of rotatable bonds is 5. The molecule has 1 aliphatic rings. The van der Waals surface area contributed by atoms with Crippen LogP contribution in [0.5, 0.6) is 0 Å². The van der Waals surface area contributed by atoms with Crippen molar-refractivity contribution in [3.05, 3.63) is 45.0 Å². The van der Waals surface area contributed by atoms with Crippen LogP contribution in [0, 0.1) is 5.92 Å². The Hall–Kier alpha value is -3.10. The van der Waals surface area contributed by atoms with Crippen LogP contribution in [-0.2, 0) is 16.1 Å². The van der Waals surface area contributed by atoms with Crippen molar-refractivity contribution in [1.82, 2.24) is 19.6 Å². The largest absolute Gasteiger partial charge is 0.449 e. The fourth-order valence-electron chi connectivity index (χ4n) is 3.24. The number of nitrogens with one attached hydrogen (secondary N) is 1. The summed E-state index contributed by atoms with van der Waals surface area (Å²) in [5.74, 6) is 0.146. The molecule has 2 amide bonds. The lowest BCUT2D eigenvalue weighted by atomic mass is 10.2. The molecule has 0 spiro atoms. The predicted octanol–water partition coefficient (Wildman–Crippen LogP) is 1.02. The second kappa shape index (κ2) is 8.93. The molecule has 2 heterocycles. The van der Waals surface area contributed by atoms with Gasteiger partial charge in [-0.3, -0.25) is 19.5 Å². The predicted molar refractivity (Wildman–Crippen MR) is 108 cm³/mol. The first-order chi connectivity index (χ1) is 13.9. The quantitative estimate of drug-likeness (QED) is 0.804. The van der Waals surface area contributed by atoms with Crippen LogP contribution in [0.15, 0.2) is 33.9 Å². The number of carbonyl (C=O) groups excluding carboxylic acids is 2. The van der Waals surface area contributed by atoms with Crippen LogP contribution >= 0.6 is 0 Å². The third-order valence-electron chi connectivity index (χ3n) is 4.86. The number of hydrogen-bond donors (Lipinski definition) is 1. The molecular formula is C20H26N4O5. The highest BCUT2D eigenvalue weighted by atomic mass is 16.6. The summed E-state index contributed by atoms with van der Waals surface area (Å²) in [6, 6.07) is 6.59. The molecular weight excluding hydrogens is 376 g/mol. The van der Waals surface area contributed by atoms with Crippen molar-refractivity contribution in [3.63, 3.8) is 0 Å². The Morgan fingerprint density at radius 3 is 2.31 bits per heavy atom. The molecule has 0 bridgehead atoms. The smallest absolute Gasteiger partial charge is 0.409 e. The molecule has 1 aliphatic heterocycles. The van der Waals surface area contributed by atoms with Crippen molar-refractivity contribution in [2.24, 2.45) is 5.92 Å². The maximum atomic E-state index is 12.5. The average molecular weight is 402 g/mol. The van der Waals surface area contributed by atoms with E-state index in [1.54, 1.807) is 34.1 Å². The van der Waals surface area contributed by atoms with Crippen LogP contribution in [0.4, 0.5) is 4.79 Å². The second-order valence-corrected chi connectivity index (χ2v) is 7.53. The molecule has 1 aromatic carbocycles. The third kappa shape index (κ3) is 4.85. The number of carbonyl (C=O) groups is 2. The first kappa shape index (κ1) is 20.6. The van der Waals surface area contributed by atoms with E-state index in [-0.39, 0.29) is 42.0 Å². The average Bonchev–Trinajstić information content (AvgIpc) is 2.73. The lowest BCUT2D eigenvalue weighted by Gasteiger charge is -2.34. The second-order valence-electron chi connectivity index (χ2n) is 7.53. The molecule has 9 nitrogen and oxygen atoms in total. The first-order valence-electron chi connectivity index (χ1n) is 9.78. The molecule has 9 heteroatoms. The highest BCUT2D eigenvalue weighted by Gasteiger charge is 2.25. The lowest BCUT2D eigenvalue weighted by molar-refractivity contribution is -0.133.